The third kappa shape index (κ3) is 2.54. The van der Waals surface area contributed by atoms with E-state index in [-0.39, 0.29) is 0 Å². The van der Waals surface area contributed by atoms with Gasteiger partial charge in [-0.15, -0.1) is 0 Å². The monoisotopic (exact) mass is 301 g/mol. The average Bonchev–Trinajstić information content (AvgIpc) is 2.52. The van der Waals surface area contributed by atoms with Crippen molar-refractivity contribution in [3.8, 4) is 0 Å². The van der Waals surface area contributed by atoms with Crippen molar-refractivity contribution < 1.29 is 0 Å². The fraction of sp³-hybridized carbons (Fsp3) is 0.538. The summed E-state index contributed by atoms with van der Waals surface area (Å²) in [6.45, 7) is 4.67. The van der Waals surface area contributed by atoms with Crippen molar-refractivity contribution in [1.82, 2.24) is 0 Å². The van der Waals surface area contributed by atoms with Gasteiger partial charge in [-0.1, -0.05) is 31.9 Å². The van der Waals surface area contributed by atoms with Crippen molar-refractivity contribution in [3.05, 3.63) is 27.7 Å². The van der Waals surface area contributed by atoms with Crippen molar-refractivity contribution in [1.29, 1.82) is 0 Å². The van der Waals surface area contributed by atoms with Crippen LogP contribution in [0.2, 0.25) is 5.02 Å². The third-order valence-corrected chi connectivity index (χ3v) is 4.73. The lowest BCUT2D eigenvalue weighted by atomic mass is 9.87. The minimum atomic E-state index is 0.395. The topological polar surface area (TPSA) is 12.0 Å². The summed E-state index contributed by atoms with van der Waals surface area (Å²) in [7, 11) is 0. The summed E-state index contributed by atoms with van der Waals surface area (Å²) in [6, 6.07) is 6.59. The van der Waals surface area contributed by atoms with Crippen LogP contribution in [0.1, 0.15) is 33.1 Å². The van der Waals surface area contributed by atoms with Crippen molar-refractivity contribution in [2.75, 3.05) is 5.32 Å². The first kappa shape index (κ1) is 12.3. The number of hydrogen-bond donors (Lipinski definition) is 1. The van der Waals surface area contributed by atoms with Gasteiger partial charge in [0.25, 0.3) is 0 Å². The molecule has 0 amide bonds. The molecule has 1 aliphatic rings. The summed E-state index contributed by atoms with van der Waals surface area (Å²) in [5.41, 5.74) is 1.54. The molecule has 1 aromatic carbocycles. The molecule has 1 fully saturated rings. The highest BCUT2D eigenvalue weighted by Gasteiger charge is 2.34. The minimum Gasteiger partial charge on any atom is -0.382 e. The van der Waals surface area contributed by atoms with E-state index in [1.807, 2.05) is 12.1 Å². The van der Waals surface area contributed by atoms with Gasteiger partial charge < -0.3 is 5.32 Å². The van der Waals surface area contributed by atoms with Crippen LogP contribution in [0.5, 0.6) is 0 Å². The molecule has 0 saturated heterocycles. The first-order valence-electron chi connectivity index (χ1n) is 5.71. The van der Waals surface area contributed by atoms with E-state index in [0.717, 1.165) is 15.2 Å². The highest BCUT2D eigenvalue weighted by molar-refractivity contribution is 9.10. The highest BCUT2D eigenvalue weighted by Crippen LogP contribution is 2.39. The van der Waals surface area contributed by atoms with Crippen molar-refractivity contribution in [3.63, 3.8) is 0 Å². The molecule has 16 heavy (non-hydrogen) atoms. The van der Waals surface area contributed by atoms with Gasteiger partial charge in [-0.2, -0.15) is 0 Å². The summed E-state index contributed by atoms with van der Waals surface area (Å²) in [4.78, 5) is 0. The zero-order chi connectivity index (χ0) is 11.8. The quantitative estimate of drug-likeness (QED) is 0.802. The maximum absolute atomic E-state index is 5.98. The summed E-state index contributed by atoms with van der Waals surface area (Å²) in [5, 5.41) is 4.37. The number of halogens is 2. The Balaban J connectivity index is 2.12. The molecule has 1 atom stereocenters. The molecule has 1 aromatic rings. The van der Waals surface area contributed by atoms with Crippen LogP contribution in [0.3, 0.4) is 0 Å². The van der Waals surface area contributed by atoms with Gasteiger partial charge in [0.15, 0.2) is 0 Å². The fourth-order valence-electron chi connectivity index (χ4n) is 2.38. The third-order valence-electron chi connectivity index (χ3n) is 3.52. The van der Waals surface area contributed by atoms with Crippen molar-refractivity contribution in [2.24, 2.45) is 5.41 Å². The van der Waals surface area contributed by atoms with Crippen LogP contribution in [0.25, 0.3) is 0 Å². The SMILES string of the molecule is CC1(C)CCCC1Nc1ccc(Cl)c(Br)c1. The molecule has 3 heteroatoms. The Hall–Kier alpha value is -0.210. The van der Waals surface area contributed by atoms with E-state index in [0.29, 0.717) is 11.5 Å². The van der Waals surface area contributed by atoms with Gasteiger partial charge in [-0.05, 0) is 52.4 Å². The maximum Gasteiger partial charge on any atom is 0.0549 e. The second kappa shape index (κ2) is 4.58. The van der Waals surface area contributed by atoms with E-state index >= 15 is 0 Å². The Labute approximate surface area is 111 Å². The molecule has 0 spiro atoms. The molecule has 1 nitrogen and oxygen atoms in total. The zero-order valence-corrected chi connectivity index (χ0v) is 12.0. The molecule has 1 aliphatic carbocycles. The van der Waals surface area contributed by atoms with E-state index in [9.17, 15) is 0 Å². The van der Waals surface area contributed by atoms with Gasteiger partial charge in [0.2, 0.25) is 0 Å². The Morgan fingerprint density at radius 3 is 2.75 bits per heavy atom. The largest absolute Gasteiger partial charge is 0.382 e. The van der Waals surface area contributed by atoms with E-state index in [4.69, 9.17) is 11.6 Å². The molecular weight excluding hydrogens is 286 g/mol. The lowest BCUT2D eigenvalue weighted by Gasteiger charge is -2.28. The highest BCUT2D eigenvalue weighted by atomic mass is 79.9. The molecule has 88 valence electrons. The molecule has 1 unspecified atom stereocenters. The molecule has 1 saturated carbocycles. The number of benzene rings is 1. The number of anilines is 1. The number of rotatable bonds is 2. The molecular formula is C13H17BrClN. The Bertz CT molecular complexity index is 390. The van der Waals surface area contributed by atoms with Gasteiger partial charge in [-0.25, -0.2) is 0 Å². The van der Waals surface area contributed by atoms with E-state index in [1.54, 1.807) is 0 Å². The number of nitrogens with one attached hydrogen (secondary N) is 1. The summed E-state index contributed by atoms with van der Waals surface area (Å²) >= 11 is 9.43. The first-order valence-corrected chi connectivity index (χ1v) is 6.88. The van der Waals surface area contributed by atoms with Crippen molar-refractivity contribution in [2.45, 2.75) is 39.2 Å². The lowest BCUT2D eigenvalue weighted by Crippen LogP contribution is -2.30. The van der Waals surface area contributed by atoms with Gasteiger partial charge in [0, 0.05) is 16.2 Å². The van der Waals surface area contributed by atoms with Gasteiger partial charge >= 0.3 is 0 Å². The van der Waals surface area contributed by atoms with Crippen LogP contribution >= 0.6 is 27.5 Å². The van der Waals surface area contributed by atoms with Crippen LogP contribution in [-0.4, -0.2) is 6.04 Å². The van der Waals surface area contributed by atoms with Crippen LogP contribution in [0, 0.1) is 5.41 Å². The van der Waals surface area contributed by atoms with Gasteiger partial charge in [-0.3, -0.25) is 0 Å². The smallest absolute Gasteiger partial charge is 0.0549 e. The Morgan fingerprint density at radius 2 is 2.19 bits per heavy atom. The predicted octanol–water partition coefficient (Wildman–Crippen LogP) is 5.09. The summed E-state index contributed by atoms with van der Waals surface area (Å²) < 4.78 is 0.954. The summed E-state index contributed by atoms with van der Waals surface area (Å²) in [6.07, 6.45) is 3.88. The predicted molar refractivity (Wildman–Crippen MR) is 74.2 cm³/mol. The molecule has 2 rings (SSSR count). The molecule has 0 aromatic heterocycles. The first-order chi connectivity index (χ1) is 7.49. The fourth-order valence-corrected chi connectivity index (χ4v) is 2.88. The van der Waals surface area contributed by atoms with E-state index in [2.05, 4.69) is 41.2 Å². The molecule has 1 N–H and O–H groups in total. The standard InChI is InChI=1S/C13H17BrClN/c1-13(2)7-3-4-12(13)16-9-5-6-11(15)10(14)8-9/h5-6,8,12,16H,3-4,7H2,1-2H3. The van der Waals surface area contributed by atoms with E-state index < -0.39 is 0 Å². The van der Waals surface area contributed by atoms with Crippen LogP contribution in [0.4, 0.5) is 5.69 Å². The second-order valence-corrected chi connectivity index (χ2v) is 6.47. The number of hydrogen-bond acceptors (Lipinski definition) is 1. The average molecular weight is 303 g/mol. The minimum absolute atomic E-state index is 0.395. The Morgan fingerprint density at radius 1 is 1.44 bits per heavy atom. The van der Waals surface area contributed by atoms with Crippen LogP contribution in [-0.2, 0) is 0 Å². The molecule has 0 radical (unpaired) electrons. The summed E-state index contributed by atoms with van der Waals surface area (Å²) in [5.74, 6) is 0. The zero-order valence-electron chi connectivity index (χ0n) is 9.69. The normalized spacial score (nSPS) is 23.4. The van der Waals surface area contributed by atoms with E-state index in [1.165, 1.54) is 19.3 Å². The van der Waals surface area contributed by atoms with Crippen LogP contribution in [0.15, 0.2) is 22.7 Å². The van der Waals surface area contributed by atoms with Crippen molar-refractivity contribution >= 4 is 33.2 Å². The van der Waals surface area contributed by atoms with Gasteiger partial charge in [0.1, 0.15) is 0 Å². The Kier molecular flexibility index (Phi) is 3.50. The molecule has 0 heterocycles. The molecule has 0 bridgehead atoms. The molecule has 0 aliphatic heterocycles. The van der Waals surface area contributed by atoms with Gasteiger partial charge in [0.05, 0.1) is 5.02 Å². The second-order valence-electron chi connectivity index (χ2n) is 5.21. The van der Waals surface area contributed by atoms with Crippen LogP contribution < -0.4 is 5.32 Å². The lowest BCUT2D eigenvalue weighted by molar-refractivity contribution is 0.350. The maximum atomic E-state index is 5.98.